The van der Waals surface area contributed by atoms with Crippen molar-refractivity contribution in [3.05, 3.63) is 12.2 Å². The molecular weight excluding hydrogens is 240 g/mol. The average Bonchev–Trinajstić information content (AvgIpc) is 2.28. The maximum absolute atomic E-state index is 11.4. The number of ketones is 1. The van der Waals surface area contributed by atoms with Crippen LogP contribution in [-0.4, -0.2) is 18.4 Å². The van der Waals surface area contributed by atoms with Crippen molar-refractivity contribution in [2.75, 3.05) is 6.61 Å². The van der Waals surface area contributed by atoms with Crippen LogP contribution in [0.4, 0.5) is 0 Å². The zero-order valence-corrected chi connectivity index (χ0v) is 12.8. The van der Waals surface area contributed by atoms with E-state index >= 15 is 0 Å². The molecule has 0 aliphatic heterocycles. The van der Waals surface area contributed by atoms with Crippen LogP contribution in [0.2, 0.25) is 0 Å². The molecule has 0 saturated heterocycles. The van der Waals surface area contributed by atoms with Gasteiger partial charge >= 0.3 is 5.97 Å². The van der Waals surface area contributed by atoms with Crippen LogP contribution in [0.3, 0.4) is 0 Å². The van der Waals surface area contributed by atoms with E-state index in [1.807, 2.05) is 6.08 Å². The molecule has 0 bridgehead atoms. The second kappa shape index (κ2) is 10.8. The highest BCUT2D eigenvalue weighted by Crippen LogP contribution is 2.15. The molecule has 0 aromatic rings. The van der Waals surface area contributed by atoms with Gasteiger partial charge in [-0.2, -0.15) is 0 Å². The van der Waals surface area contributed by atoms with E-state index in [9.17, 15) is 9.59 Å². The Balaban J connectivity index is 3.76. The van der Waals surface area contributed by atoms with Gasteiger partial charge in [-0.1, -0.05) is 46.1 Å². The third-order valence-corrected chi connectivity index (χ3v) is 2.94. The first kappa shape index (κ1) is 17.9. The summed E-state index contributed by atoms with van der Waals surface area (Å²) in [7, 11) is 0. The Bertz CT molecular complexity index is 292. The zero-order chi connectivity index (χ0) is 14.7. The summed E-state index contributed by atoms with van der Waals surface area (Å²) in [6.07, 6.45) is 7.82. The van der Waals surface area contributed by atoms with E-state index in [-0.39, 0.29) is 12.2 Å². The van der Waals surface area contributed by atoms with Crippen LogP contribution in [-0.2, 0) is 14.3 Å². The fraction of sp³-hybridized carbons (Fsp3) is 0.750. The normalized spacial score (nSPS) is 12.9. The van der Waals surface area contributed by atoms with Crippen molar-refractivity contribution in [1.82, 2.24) is 0 Å². The van der Waals surface area contributed by atoms with Gasteiger partial charge in [0.15, 0.2) is 5.78 Å². The molecule has 3 nitrogen and oxygen atoms in total. The summed E-state index contributed by atoms with van der Waals surface area (Å²) in [4.78, 5) is 22.5. The fourth-order valence-electron chi connectivity index (χ4n) is 1.84. The van der Waals surface area contributed by atoms with E-state index in [2.05, 4.69) is 20.8 Å². The Kier molecular flexibility index (Phi) is 10.1. The van der Waals surface area contributed by atoms with Gasteiger partial charge in [-0.05, 0) is 31.3 Å². The van der Waals surface area contributed by atoms with Crippen LogP contribution in [0.1, 0.15) is 59.8 Å². The number of rotatable bonds is 10. The van der Waals surface area contributed by atoms with Crippen molar-refractivity contribution in [3.63, 3.8) is 0 Å². The predicted molar refractivity (Wildman–Crippen MR) is 77.9 cm³/mol. The molecule has 0 saturated carbocycles. The van der Waals surface area contributed by atoms with Crippen LogP contribution < -0.4 is 0 Å². The maximum atomic E-state index is 11.4. The van der Waals surface area contributed by atoms with Gasteiger partial charge < -0.3 is 4.74 Å². The standard InChI is InChI=1S/C16H28O3/c1-5-19-16(18)12-15(17)11-7-10-14(4)9-6-8-13(2)3/h7,11,13-14H,5-6,8-10,12H2,1-4H3. The van der Waals surface area contributed by atoms with Gasteiger partial charge in [0.1, 0.15) is 6.42 Å². The zero-order valence-electron chi connectivity index (χ0n) is 12.8. The lowest BCUT2D eigenvalue weighted by molar-refractivity contribution is -0.144. The highest BCUT2D eigenvalue weighted by atomic mass is 16.5. The lowest BCUT2D eigenvalue weighted by atomic mass is 9.97. The molecule has 0 amide bonds. The van der Waals surface area contributed by atoms with Gasteiger partial charge in [0.05, 0.1) is 6.61 Å². The molecule has 0 spiro atoms. The number of carbonyl (C=O) groups is 2. The summed E-state index contributed by atoms with van der Waals surface area (Å²) >= 11 is 0. The van der Waals surface area contributed by atoms with Gasteiger partial charge in [-0.3, -0.25) is 9.59 Å². The topological polar surface area (TPSA) is 43.4 Å². The van der Waals surface area contributed by atoms with Gasteiger partial charge in [0.25, 0.3) is 0 Å². The molecule has 0 radical (unpaired) electrons. The van der Waals surface area contributed by atoms with Crippen molar-refractivity contribution in [2.24, 2.45) is 11.8 Å². The van der Waals surface area contributed by atoms with E-state index in [0.29, 0.717) is 12.5 Å². The van der Waals surface area contributed by atoms with Crippen LogP contribution in [0.25, 0.3) is 0 Å². The number of hydrogen-bond acceptors (Lipinski definition) is 3. The predicted octanol–water partition coefficient (Wildman–Crippen LogP) is 3.92. The van der Waals surface area contributed by atoms with Gasteiger partial charge in [-0.25, -0.2) is 0 Å². The molecule has 0 aliphatic carbocycles. The summed E-state index contributed by atoms with van der Waals surface area (Å²) in [6, 6.07) is 0. The number of hydrogen-bond donors (Lipinski definition) is 0. The molecule has 1 unspecified atom stereocenters. The van der Waals surface area contributed by atoms with E-state index < -0.39 is 5.97 Å². The van der Waals surface area contributed by atoms with Crippen molar-refractivity contribution in [2.45, 2.75) is 59.8 Å². The Labute approximate surface area is 117 Å². The molecule has 0 rings (SSSR count). The molecule has 0 heterocycles. The minimum atomic E-state index is -0.442. The molecule has 110 valence electrons. The minimum Gasteiger partial charge on any atom is -0.466 e. The monoisotopic (exact) mass is 268 g/mol. The molecule has 3 heteroatoms. The highest BCUT2D eigenvalue weighted by Gasteiger charge is 2.07. The van der Waals surface area contributed by atoms with Crippen LogP contribution in [0.5, 0.6) is 0 Å². The summed E-state index contributed by atoms with van der Waals surface area (Å²) in [5.41, 5.74) is 0. The summed E-state index contributed by atoms with van der Waals surface area (Å²) in [5, 5.41) is 0. The molecular formula is C16H28O3. The molecule has 19 heavy (non-hydrogen) atoms. The molecule has 0 aliphatic rings. The first-order valence-corrected chi connectivity index (χ1v) is 7.30. The quantitative estimate of drug-likeness (QED) is 0.343. The lowest BCUT2D eigenvalue weighted by Crippen LogP contribution is -2.09. The van der Waals surface area contributed by atoms with Crippen molar-refractivity contribution in [3.8, 4) is 0 Å². The highest BCUT2D eigenvalue weighted by molar-refractivity contribution is 6.01. The second-order valence-electron chi connectivity index (χ2n) is 5.52. The van der Waals surface area contributed by atoms with Crippen LogP contribution in [0.15, 0.2) is 12.2 Å². The van der Waals surface area contributed by atoms with Crippen molar-refractivity contribution >= 4 is 11.8 Å². The number of allylic oxidation sites excluding steroid dienone is 2. The summed E-state index contributed by atoms with van der Waals surface area (Å²) < 4.78 is 4.72. The number of ether oxygens (including phenoxy) is 1. The number of carbonyl (C=O) groups excluding carboxylic acids is 2. The van der Waals surface area contributed by atoms with E-state index in [4.69, 9.17) is 4.74 Å². The van der Waals surface area contributed by atoms with Crippen molar-refractivity contribution in [1.29, 1.82) is 0 Å². The summed E-state index contributed by atoms with van der Waals surface area (Å²) in [6.45, 7) is 8.72. The third-order valence-electron chi connectivity index (χ3n) is 2.94. The second-order valence-corrected chi connectivity index (χ2v) is 5.52. The largest absolute Gasteiger partial charge is 0.466 e. The van der Waals surface area contributed by atoms with E-state index in [1.54, 1.807) is 6.92 Å². The molecule has 0 aromatic carbocycles. The maximum Gasteiger partial charge on any atom is 0.313 e. The molecule has 0 fully saturated rings. The van der Waals surface area contributed by atoms with Gasteiger partial charge in [0.2, 0.25) is 0 Å². The van der Waals surface area contributed by atoms with Gasteiger partial charge in [-0.15, -0.1) is 0 Å². The Morgan fingerprint density at radius 1 is 1.16 bits per heavy atom. The van der Waals surface area contributed by atoms with E-state index in [1.165, 1.54) is 25.3 Å². The smallest absolute Gasteiger partial charge is 0.313 e. The third kappa shape index (κ3) is 11.7. The Hall–Kier alpha value is -1.12. The number of esters is 1. The molecule has 1 atom stereocenters. The SMILES string of the molecule is CCOC(=O)CC(=O)C=CCC(C)CCCC(C)C. The summed E-state index contributed by atoms with van der Waals surface area (Å²) in [5.74, 6) is 0.731. The first-order chi connectivity index (χ1) is 8.95. The van der Waals surface area contributed by atoms with Crippen molar-refractivity contribution < 1.29 is 14.3 Å². The van der Waals surface area contributed by atoms with E-state index in [0.717, 1.165) is 12.3 Å². The van der Waals surface area contributed by atoms with Crippen LogP contribution in [0, 0.1) is 11.8 Å². The molecule has 0 N–H and O–H groups in total. The van der Waals surface area contributed by atoms with Crippen LogP contribution >= 0.6 is 0 Å². The fourth-order valence-corrected chi connectivity index (χ4v) is 1.84. The minimum absolute atomic E-state index is 0.147. The Morgan fingerprint density at radius 2 is 1.84 bits per heavy atom. The molecule has 0 aromatic heterocycles. The Morgan fingerprint density at radius 3 is 2.42 bits per heavy atom. The van der Waals surface area contributed by atoms with Gasteiger partial charge in [0, 0.05) is 0 Å². The lowest BCUT2D eigenvalue weighted by Gasteiger charge is -2.09. The first-order valence-electron chi connectivity index (χ1n) is 7.30. The average molecular weight is 268 g/mol.